The summed E-state index contributed by atoms with van der Waals surface area (Å²) in [6, 6.07) is 6.41. The molecule has 1 aliphatic rings. The Morgan fingerprint density at radius 1 is 1.44 bits per heavy atom. The number of H-pyrrole nitrogens is 1. The second-order valence-corrected chi connectivity index (χ2v) is 5.58. The van der Waals surface area contributed by atoms with Gasteiger partial charge in [-0.1, -0.05) is 28.9 Å². The van der Waals surface area contributed by atoms with Gasteiger partial charge in [-0.2, -0.15) is 0 Å². The van der Waals surface area contributed by atoms with Gasteiger partial charge < -0.3 is 10.3 Å². The number of nitrogens with one attached hydrogen (secondary N) is 2. The minimum atomic E-state index is 0.826. The molecule has 1 aromatic heterocycles. The van der Waals surface area contributed by atoms with Gasteiger partial charge in [-0.25, -0.2) is 4.98 Å². The molecule has 3 rings (SSSR count). The maximum absolute atomic E-state index is 4.70. The summed E-state index contributed by atoms with van der Waals surface area (Å²) in [4.78, 5) is 8.13. The molecule has 3 nitrogen and oxygen atoms in total. The third-order valence-corrected chi connectivity index (χ3v) is 3.73. The lowest BCUT2D eigenvalue weighted by molar-refractivity contribution is 0.654. The second-order valence-electron chi connectivity index (χ2n) is 4.67. The highest BCUT2D eigenvalue weighted by Gasteiger charge is 2.22. The van der Waals surface area contributed by atoms with Crippen molar-refractivity contribution in [1.82, 2.24) is 15.3 Å². The number of aromatic nitrogens is 2. The minimum Gasteiger partial charge on any atom is -0.344 e. The van der Waals surface area contributed by atoms with Crippen LogP contribution in [0.15, 0.2) is 22.7 Å². The Bertz CT molecular complexity index is 574. The van der Waals surface area contributed by atoms with Crippen molar-refractivity contribution in [3.8, 4) is 11.3 Å². The summed E-state index contributed by atoms with van der Waals surface area (Å²) < 4.78 is 1.14. The monoisotopic (exact) mass is 305 g/mol. The normalized spacial score (nSPS) is 12.6. The molecule has 1 aromatic carbocycles. The van der Waals surface area contributed by atoms with Crippen LogP contribution in [-0.2, 0) is 13.0 Å². The quantitative estimate of drug-likeness (QED) is 0.727. The maximum atomic E-state index is 4.70. The molecule has 0 saturated heterocycles. The Morgan fingerprint density at radius 2 is 2.33 bits per heavy atom. The zero-order valence-corrected chi connectivity index (χ0v) is 12.0. The smallest absolute Gasteiger partial charge is 0.121 e. The van der Waals surface area contributed by atoms with Crippen LogP contribution in [0.4, 0.5) is 0 Å². The van der Waals surface area contributed by atoms with E-state index in [9.17, 15) is 0 Å². The summed E-state index contributed by atoms with van der Waals surface area (Å²) >= 11 is 3.51. The third-order valence-electron chi connectivity index (χ3n) is 3.24. The van der Waals surface area contributed by atoms with Crippen LogP contribution < -0.4 is 5.32 Å². The van der Waals surface area contributed by atoms with Crippen molar-refractivity contribution in [2.45, 2.75) is 26.3 Å². The Hall–Kier alpha value is -1.13. The molecule has 0 amide bonds. The molecule has 0 bridgehead atoms. The van der Waals surface area contributed by atoms with Crippen LogP contribution in [0.25, 0.3) is 11.3 Å². The van der Waals surface area contributed by atoms with Gasteiger partial charge in [0.15, 0.2) is 0 Å². The fourth-order valence-corrected chi connectivity index (χ4v) is 2.82. The second kappa shape index (κ2) is 4.86. The summed E-state index contributed by atoms with van der Waals surface area (Å²) in [5.41, 5.74) is 5.00. The van der Waals surface area contributed by atoms with Gasteiger partial charge in [0.2, 0.25) is 0 Å². The molecular formula is C14H16BrN3. The van der Waals surface area contributed by atoms with E-state index in [2.05, 4.69) is 51.4 Å². The van der Waals surface area contributed by atoms with Crippen molar-refractivity contribution in [3.63, 3.8) is 0 Å². The number of halogens is 1. The summed E-state index contributed by atoms with van der Waals surface area (Å²) in [6.07, 6.45) is 2.11. The standard InChI is InChI=1S/C14H16BrN3/c1-2-5-16-8-13-17-12-7-9-6-10(15)3-4-11(9)14(12)18-13/h3-4,6,16H,2,5,7-8H2,1H3,(H,17,18). The van der Waals surface area contributed by atoms with Gasteiger partial charge in [0.1, 0.15) is 5.82 Å². The number of imidazole rings is 1. The molecule has 2 N–H and O–H groups in total. The molecule has 94 valence electrons. The first-order valence-electron chi connectivity index (χ1n) is 6.35. The fraction of sp³-hybridized carbons (Fsp3) is 0.357. The zero-order valence-electron chi connectivity index (χ0n) is 10.4. The molecule has 0 aliphatic heterocycles. The van der Waals surface area contributed by atoms with Crippen LogP contribution >= 0.6 is 15.9 Å². The first kappa shape index (κ1) is 11.9. The van der Waals surface area contributed by atoms with E-state index in [-0.39, 0.29) is 0 Å². The maximum Gasteiger partial charge on any atom is 0.121 e. The van der Waals surface area contributed by atoms with Crippen molar-refractivity contribution < 1.29 is 0 Å². The predicted molar refractivity (Wildman–Crippen MR) is 76.5 cm³/mol. The average Bonchev–Trinajstić information content (AvgIpc) is 2.85. The molecule has 0 radical (unpaired) electrons. The van der Waals surface area contributed by atoms with E-state index in [1.165, 1.54) is 16.8 Å². The summed E-state index contributed by atoms with van der Waals surface area (Å²) in [5.74, 6) is 1.04. The van der Waals surface area contributed by atoms with Gasteiger partial charge in [-0.3, -0.25) is 0 Å². The van der Waals surface area contributed by atoms with E-state index in [1.54, 1.807) is 0 Å². The highest BCUT2D eigenvalue weighted by molar-refractivity contribution is 9.10. The van der Waals surface area contributed by atoms with Crippen molar-refractivity contribution in [2.75, 3.05) is 6.54 Å². The number of fused-ring (bicyclic) bond motifs is 3. The molecule has 0 saturated carbocycles. The number of aromatic amines is 1. The molecule has 0 atom stereocenters. The van der Waals surface area contributed by atoms with Gasteiger partial charge in [0.25, 0.3) is 0 Å². The lowest BCUT2D eigenvalue weighted by Gasteiger charge is -2.01. The molecule has 0 unspecified atom stereocenters. The van der Waals surface area contributed by atoms with E-state index in [0.717, 1.165) is 41.9 Å². The fourth-order valence-electron chi connectivity index (χ4n) is 2.41. The van der Waals surface area contributed by atoms with E-state index in [1.807, 2.05) is 0 Å². The molecule has 0 spiro atoms. The molecule has 0 fully saturated rings. The molecule has 1 heterocycles. The molecule has 18 heavy (non-hydrogen) atoms. The zero-order chi connectivity index (χ0) is 12.5. The first-order valence-corrected chi connectivity index (χ1v) is 7.14. The van der Waals surface area contributed by atoms with Crippen molar-refractivity contribution in [2.24, 2.45) is 0 Å². The van der Waals surface area contributed by atoms with Crippen molar-refractivity contribution >= 4 is 15.9 Å². The van der Waals surface area contributed by atoms with E-state index in [4.69, 9.17) is 4.98 Å². The Balaban J connectivity index is 1.84. The average molecular weight is 306 g/mol. The lowest BCUT2D eigenvalue weighted by atomic mass is 10.1. The summed E-state index contributed by atoms with van der Waals surface area (Å²) in [5, 5.41) is 3.37. The highest BCUT2D eigenvalue weighted by Crippen LogP contribution is 2.36. The van der Waals surface area contributed by atoms with E-state index in [0.29, 0.717) is 0 Å². The number of benzene rings is 1. The molecule has 4 heteroatoms. The minimum absolute atomic E-state index is 0.826. The third kappa shape index (κ3) is 2.10. The van der Waals surface area contributed by atoms with Gasteiger partial charge in [-0.15, -0.1) is 0 Å². The van der Waals surface area contributed by atoms with Crippen LogP contribution in [0.1, 0.15) is 30.4 Å². The number of rotatable bonds is 4. The van der Waals surface area contributed by atoms with Crippen molar-refractivity contribution in [1.29, 1.82) is 0 Å². The van der Waals surface area contributed by atoms with Gasteiger partial charge in [-0.05, 0) is 30.7 Å². The van der Waals surface area contributed by atoms with E-state index >= 15 is 0 Å². The Kier molecular flexibility index (Phi) is 3.22. The van der Waals surface area contributed by atoms with Crippen LogP contribution in [0.2, 0.25) is 0 Å². The van der Waals surface area contributed by atoms with Crippen LogP contribution in [-0.4, -0.2) is 16.5 Å². The Labute approximate surface area is 115 Å². The highest BCUT2D eigenvalue weighted by atomic mass is 79.9. The van der Waals surface area contributed by atoms with Gasteiger partial charge >= 0.3 is 0 Å². The predicted octanol–water partition coefficient (Wildman–Crippen LogP) is 3.24. The number of hydrogen-bond acceptors (Lipinski definition) is 2. The molecular weight excluding hydrogens is 290 g/mol. The molecule has 1 aliphatic carbocycles. The summed E-state index contributed by atoms with van der Waals surface area (Å²) in [7, 11) is 0. The topological polar surface area (TPSA) is 40.7 Å². The largest absolute Gasteiger partial charge is 0.344 e. The number of nitrogens with zero attached hydrogens (tertiary/aromatic N) is 1. The first-order chi connectivity index (χ1) is 8.78. The SMILES string of the molecule is CCCNCc1nc2c([nH]1)Cc1cc(Br)ccc1-2. The number of hydrogen-bond donors (Lipinski definition) is 2. The summed E-state index contributed by atoms with van der Waals surface area (Å²) in [6.45, 7) is 4.03. The van der Waals surface area contributed by atoms with Crippen LogP contribution in [0, 0.1) is 0 Å². The molecule has 2 aromatic rings. The van der Waals surface area contributed by atoms with E-state index < -0.39 is 0 Å². The Morgan fingerprint density at radius 3 is 3.17 bits per heavy atom. The van der Waals surface area contributed by atoms with Crippen LogP contribution in [0.3, 0.4) is 0 Å². The van der Waals surface area contributed by atoms with Crippen molar-refractivity contribution in [3.05, 3.63) is 39.8 Å². The lowest BCUT2D eigenvalue weighted by Crippen LogP contribution is -2.14. The van der Waals surface area contributed by atoms with Gasteiger partial charge in [0, 0.05) is 22.2 Å². The van der Waals surface area contributed by atoms with Gasteiger partial charge in [0.05, 0.1) is 12.2 Å². The van der Waals surface area contributed by atoms with Crippen LogP contribution in [0.5, 0.6) is 0 Å².